The molecule has 5 heteroatoms. The van der Waals surface area contributed by atoms with Gasteiger partial charge in [-0.3, -0.25) is 4.79 Å². The summed E-state index contributed by atoms with van der Waals surface area (Å²) in [5, 5.41) is 9.42. The minimum absolute atomic E-state index is 0.259. The predicted octanol–water partition coefficient (Wildman–Crippen LogP) is 0.837. The van der Waals surface area contributed by atoms with Crippen molar-refractivity contribution in [3.8, 4) is 0 Å². The number of carbonyl (C=O) groups excluding carboxylic acids is 1. The average Bonchev–Trinajstić information content (AvgIpc) is 2.73. The molecule has 98 valence electrons. The van der Waals surface area contributed by atoms with Crippen LogP contribution in [0.4, 0.5) is 5.82 Å². The summed E-state index contributed by atoms with van der Waals surface area (Å²) in [6.45, 7) is 4.97. The molecule has 1 amide bonds. The fourth-order valence-electron chi connectivity index (χ4n) is 2.19. The van der Waals surface area contributed by atoms with E-state index in [1.807, 2.05) is 19.1 Å². The average molecular weight is 249 g/mol. The van der Waals surface area contributed by atoms with E-state index in [1.54, 1.807) is 13.1 Å². The van der Waals surface area contributed by atoms with Gasteiger partial charge in [-0.05, 0) is 31.9 Å². The molecule has 1 saturated heterocycles. The van der Waals surface area contributed by atoms with Crippen molar-refractivity contribution < 1.29 is 9.90 Å². The van der Waals surface area contributed by atoms with Gasteiger partial charge >= 0.3 is 0 Å². The van der Waals surface area contributed by atoms with E-state index in [-0.39, 0.29) is 5.91 Å². The van der Waals surface area contributed by atoms with Gasteiger partial charge in [-0.15, -0.1) is 0 Å². The highest BCUT2D eigenvalue weighted by atomic mass is 16.3. The Morgan fingerprint density at radius 1 is 1.61 bits per heavy atom. The number of primary amides is 1. The molecule has 1 aromatic rings. The van der Waals surface area contributed by atoms with Crippen LogP contribution in [0, 0.1) is 5.41 Å². The van der Waals surface area contributed by atoms with Gasteiger partial charge in [-0.2, -0.15) is 0 Å². The number of rotatable bonds is 3. The first-order chi connectivity index (χ1) is 8.42. The molecule has 0 radical (unpaired) electrons. The summed E-state index contributed by atoms with van der Waals surface area (Å²) in [5.41, 5.74) is 5.74. The second-order valence-electron chi connectivity index (χ2n) is 5.22. The second-order valence-corrected chi connectivity index (χ2v) is 5.22. The maximum absolute atomic E-state index is 11.4. The van der Waals surface area contributed by atoms with E-state index in [9.17, 15) is 9.90 Å². The summed E-state index contributed by atoms with van der Waals surface area (Å²) in [6.07, 6.45) is 1.91. The molecular formula is C13H19N3O2. The van der Waals surface area contributed by atoms with Gasteiger partial charge < -0.3 is 15.7 Å². The van der Waals surface area contributed by atoms with Crippen LogP contribution < -0.4 is 10.6 Å². The van der Waals surface area contributed by atoms with Gasteiger partial charge in [0.1, 0.15) is 5.82 Å². The van der Waals surface area contributed by atoms with Gasteiger partial charge in [0, 0.05) is 19.3 Å². The van der Waals surface area contributed by atoms with Crippen molar-refractivity contribution in [1.29, 1.82) is 0 Å². The predicted molar refractivity (Wildman–Crippen MR) is 69.0 cm³/mol. The molecule has 1 fully saturated rings. The number of aliphatic hydroxyl groups excluding tert-OH is 1. The van der Waals surface area contributed by atoms with Crippen LogP contribution in [0.2, 0.25) is 0 Å². The van der Waals surface area contributed by atoms with Gasteiger partial charge in [0.05, 0.1) is 11.5 Å². The highest BCUT2D eigenvalue weighted by molar-refractivity contribution is 5.82. The maximum atomic E-state index is 11.4. The largest absolute Gasteiger partial charge is 0.389 e. The third-order valence-electron chi connectivity index (χ3n) is 3.65. The number of aliphatic hydroxyl groups is 1. The fourth-order valence-corrected chi connectivity index (χ4v) is 2.19. The molecule has 0 aliphatic carbocycles. The van der Waals surface area contributed by atoms with Crippen LogP contribution in [0.5, 0.6) is 0 Å². The van der Waals surface area contributed by atoms with Crippen molar-refractivity contribution in [1.82, 2.24) is 4.98 Å². The van der Waals surface area contributed by atoms with Crippen LogP contribution in [-0.4, -0.2) is 29.1 Å². The Labute approximate surface area is 107 Å². The first-order valence-electron chi connectivity index (χ1n) is 6.11. The number of anilines is 1. The van der Waals surface area contributed by atoms with Crippen LogP contribution in [0.3, 0.4) is 0 Å². The minimum Gasteiger partial charge on any atom is -0.389 e. The molecule has 5 nitrogen and oxygen atoms in total. The Balaban J connectivity index is 2.12. The molecule has 1 aliphatic heterocycles. The molecule has 1 aromatic heterocycles. The van der Waals surface area contributed by atoms with Crippen molar-refractivity contribution >= 4 is 11.7 Å². The van der Waals surface area contributed by atoms with E-state index >= 15 is 0 Å². The first-order valence-corrected chi connectivity index (χ1v) is 6.11. The molecule has 0 spiro atoms. The van der Waals surface area contributed by atoms with E-state index < -0.39 is 11.5 Å². The molecule has 0 bridgehead atoms. The van der Waals surface area contributed by atoms with E-state index in [0.717, 1.165) is 24.3 Å². The maximum Gasteiger partial charge on any atom is 0.225 e. The Hall–Kier alpha value is -1.62. The molecule has 2 atom stereocenters. The zero-order valence-corrected chi connectivity index (χ0v) is 10.8. The fraction of sp³-hybridized carbons (Fsp3) is 0.538. The van der Waals surface area contributed by atoms with Crippen LogP contribution in [0.15, 0.2) is 18.3 Å². The molecule has 2 heterocycles. The lowest BCUT2D eigenvalue weighted by Crippen LogP contribution is -2.37. The zero-order chi connectivity index (χ0) is 13.3. The van der Waals surface area contributed by atoms with E-state index in [2.05, 4.69) is 9.88 Å². The number of nitrogens with zero attached hydrogens (tertiary/aromatic N) is 2. The Bertz CT molecular complexity index is 444. The van der Waals surface area contributed by atoms with Gasteiger partial charge in [0.25, 0.3) is 0 Å². The van der Waals surface area contributed by atoms with Gasteiger partial charge in [0.2, 0.25) is 5.91 Å². The summed E-state index contributed by atoms with van der Waals surface area (Å²) in [7, 11) is 0. The van der Waals surface area contributed by atoms with Crippen molar-refractivity contribution in [2.45, 2.75) is 26.4 Å². The Morgan fingerprint density at radius 3 is 2.78 bits per heavy atom. The second kappa shape index (κ2) is 4.57. The van der Waals surface area contributed by atoms with Crippen LogP contribution in [0.1, 0.15) is 31.9 Å². The van der Waals surface area contributed by atoms with E-state index in [4.69, 9.17) is 5.73 Å². The van der Waals surface area contributed by atoms with Gasteiger partial charge in [-0.1, -0.05) is 6.07 Å². The number of pyridine rings is 1. The quantitative estimate of drug-likeness (QED) is 0.831. The van der Waals surface area contributed by atoms with Gasteiger partial charge in [0.15, 0.2) is 0 Å². The Morgan fingerprint density at radius 2 is 2.33 bits per heavy atom. The smallest absolute Gasteiger partial charge is 0.225 e. The summed E-state index contributed by atoms with van der Waals surface area (Å²) < 4.78 is 0. The lowest BCUT2D eigenvalue weighted by atomic mass is 9.89. The minimum atomic E-state index is -0.513. The first kappa shape index (κ1) is 12.8. The third kappa shape index (κ3) is 2.31. The van der Waals surface area contributed by atoms with E-state index in [0.29, 0.717) is 6.54 Å². The molecule has 1 aliphatic rings. The van der Waals surface area contributed by atoms with Crippen LogP contribution in [0.25, 0.3) is 0 Å². The molecule has 0 saturated carbocycles. The zero-order valence-electron chi connectivity index (χ0n) is 10.8. The lowest BCUT2D eigenvalue weighted by molar-refractivity contribution is -0.125. The highest BCUT2D eigenvalue weighted by Gasteiger charge is 2.39. The monoisotopic (exact) mass is 249 g/mol. The normalized spacial score (nSPS) is 25.2. The molecule has 1 unspecified atom stereocenters. The number of amides is 1. The third-order valence-corrected chi connectivity index (χ3v) is 3.65. The number of hydrogen-bond acceptors (Lipinski definition) is 4. The lowest BCUT2D eigenvalue weighted by Gasteiger charge is -2.21. The standard InChI is InChI=1S/C13H19N3O2/c1-9(17)10-3-4-11(15-7-10)16-6-5-13(2,8-16)12(14)18/h3-4,7,9,17H,5-6,8H2,1-2H3,(H2,14,18)/t9-,13?/m1/s1. The molecule has 18 heavy (non-hydrogen) atoms. The summed E-state index contributed by atoms with van der Waals surface area (Å²) in [6, 6.07) is 3.72. The summed E-state index contributed by atoms with van der Waals surface area (Å²) in [4.78, 5) is 17.8. The highest BCUT2D eigenvalue weighted by Crippen LogP contribution is 2.32. The molecule has 2 rings (SSSR count). The number of nitrogens with two attached hydrogens (primary N) is 1. The molecule has 0 aromatic carbocycles. The topological polar surface area (TPSA) is 79.5 Å². The number of carbonyl (C=O) groups is 1. The van der Waals surface area contributed by atoms with Crippen LogP contribution >= 0.6 is 0 Å². The van der Waals surface area contributed by atoms with Crippen molar-refractivity contribution in [3.05, 3.63) is 23.9 Å². The number of hydrogen-bond donors (Lipinski definition) is 2. The summed E-state index contributed by atoms with van der Waals surface area (Å²) >= 11 is 0. The van der Waals surface area contributed by atoms with E-state index in [1.165, 1.54) is 0 Å². The van der Waals surface area contributed by atoms with Gasteiger partial charge in [-0.25, -0.2) is 4.98 Å². The van der Waals surface area contributed by atoms with Crippen molar-refractivity contribution in [2.75, 3.05) is 18.0 Å². The Kier molecular flexibility index (Phi) is 3.26. The molecular weight excluding hydrogens is 230 g/mol. The van der Waals surface area contributed by atoms with Crippen LogP contribution in [-0.2, 0) is 4.79 Å². The van der Waals surface area contributed by atoms with Crippen molar-refractivity contribution in [3.63, 3.8) is 0 Å². The SMILES string of the molecule is C[C@@H](O)c1ccc(N2CCC(C)(C(N)=O)C2)nc1. The molecule has 3 N–H and O–H groups in total. The summed E-state index contributed by atoms with van der Waals surface area (Å²) in [5.74, 6) is 0.565. The van der Waals surface area contributed by atoms with Crippen molar-refractivity contribution in [2.24, 2.45) is 11.1 Å². The number of aromatic nitrogens is 1.